The van der Waals surface area contributed by atoms with Gasteiger partial charge in [0.15, 0.2) is 12.6 Å². The standard InChI is InChI=1S/C23H30N4O3/c1-3-24-23(25-14-17-6-4-8-20(12-17)29-2)26-15-18-7-5-9-21(13-18)30-16-22(28)27-19-10-11-19/h4-9,12-13,19H,3,10-11,14-16H2,1-2H3,(H,27,28)(H2,24,25,26). The van der Waals surface area contributed by atoms with E-state index in [0.29, 0.717) is 24.9 Å². The molecule has 1 saturated carbocycles. The van der Waals surface area contributed by atoms with Gasteiger partial charge in [0, 0.05) is 19.1 Å². The number of hydrogen-bond acceptors (Lipinski definition) is 4. The van der Waals surface area contributed by atoms with Crippen LogP contribution < -0.4 is 25.4 Å². The lowest BCUT2D eigenvalue weighted by Gasteiger charge is -2.12. The predicted molar refractivity (Wildman–Crippen MR) is 118 cm³/mol. The predicted octanol–water partition coefficient (Wildman–Crippen LogP) is 2.61. The van der Waals surface area contributed by atoms with Crippen molar-refractivity contribution in [2.75, 3.05) is 20.3 Å². The van der Waals surface area contributed by atoms with Gasteiger partial charge in [0.2, 0.25) is 0 Å². The van der Waals surface area contributed by atoms with Crippen LogP contribution in [0.1, 0.15) is 30.9 Å². The number of aliphatic imine (C=N–C) groups is 1. The third kappa shape index (κ3) is 7.31. The van der Waals surface area contributed by atoms with Crippen LogP contribution in [0.25, 0.3) is 0 Å². The third-order valence-corrected chi connectivity index (χ3v) is 4.57. The summed E-state index contributed by atoms with van der Waals surface area (Å²) in [7, 11) is 1.66. The van der Waals surface area contributed by atoms with Gasteiger partial charge in [-0.05, 0) is 55.2 Å². The second-order valence-electron chi connectivity index (χ2n) is 7.18. The number of rotatable bonds is 10. The molecular weight excluding hydrogens is 380 g/mol. The summed E-state index contributed by atoms with van der Waals surface area (Å²) in [6, 6.07) is 15.9. The molecule has 3 rings (SSSR count). The van der Waals surface area contributed by atoms with E-state index >= 15 is 0 Å². The highest BCUT2D eigenvalue weighted by Crippen LogP contribution is 2.19. The lowest BCUT2D eigenvalue weighted by Crippen LogP contribution is -2.36. The average molecular weight is 411 g/mol. The molecule has 0 heterocycles. The zero-order chi connectivity index (χ0) is 21.2. The van der Waals surface area contributed by atoms with Crippen molar-refractivity contribution in [2.45, 2.75) is 38.9 Å². The molecule has 3 N–H and O–H groups in total. The fraction of sp³-hybridized carbons (Fsp3) is 0.391. The number of guanidine groups is 1. The quantitative estimate of drug-likeness (QED) is 0.414. The highest BCUT2D eigenvalue weighted by molar-refractivity contribution is 5.79. The Morgan fingerprint density at radius 3 is 2.53 bits per heavy atom. The number of ether oxygens (including phenoxy) is 2. The Balaban J connectivity index is 1.53. The summed E-state index contributed by atoms with van der Waals surface area (Å²) >= 11 is 0. The van der Waals surface area contributed by atoms with Gasteiger partial charge in [-0.15, -0.1) is 0 Å². The number of benzene rings is 2. The molecule has 160 valence electrons. The van der Waals surface area contributed by atoms with Crippen molar-refractivity contribution in [1.82, 2.24) is 16.0 Å². The van der Waals surface area contributed by atoms with Crippen LogP contribution >= 0.6 is 0 Å². The normalized spacial score (nSPS) is 13.5. The fourth-order valence-corrected chi connectivity index (χ4v) is 2.86. The molecule has 0 saturated heterocycles. The van der Waals surface area contributed by atoms with Crippen molar-refractivity contribution in [3.05, 3.63) is 59.7 Å². The smallest absolute Gasteiger partial charge is 0.258 e. The van der Waals surface area contributed by atoms with Crippen LogP contribution in [0.4, 0.5) is 0 Å². The summed E-state index contributed by atoms with van der Waals surface area (Å²) in [6.45, 7) is 3.97. The number of amides is 1. The zero-order valence-electron chi connectivity index (χ0n) is 17.6. The molecular formula is C23H30N4O3. The van der Waals surface area contributed by atoms with E-state index in [2.05, 4.69) is 20.9 Å². The van der Waals surface area contributed by atoms with Crippen LogP contribution in [-0.2, 0) is 17.9 Å². The largest absolute Gasteiger partial charge is 0.497 e. The average Bonchev–Trinajstić information content (AvgIpc) is 3.58. The molecule has 0 spiro atoms. The van der Waals surface area contributed by atoms with Crippen molar-refractivity contribution in [2.24, 2.45) is 4.99 Å². The first-order valence-electron chi connectivity index (χ1n) is 10.3. The summed E-state index contributed by atoms with van der Waals surface area (Å²) in [5.41, 5.74) is 2.12. The van der Waals surface area contributed by atoms with Crippen LogP contribution in [0.15, 0.2) is 53.5 Å². The lowest BCUT2D eigenvalue weighted by molar-refractivity contribution is -0.123. The van der Waals surface area contributed by atoms with E-state index < -0.39 is 0 Å². The molecule has 7 nitrogen and oxygen atoms in total. The Morgan fingerprint density at radius 2 is 1.80 bits per heavy atom. The van der Waals surface area contributed by atoms with E-state index in [0.717, 1.165) is 42.2 Å². The minimum absolute atomic E-state index is 0.0357. The first kappa shape index (κ1) is 21.5. The SMILES string of the molecule is CCNC(=NCc1cccc(OCC(=O)NC2CC2)c1)NCc1cccc(OC)c1. The molecule has 0 aliphatic heterocycles. The number of carbonyl (C=O) groups excluding carboxylic acids is 1. The van der Waals surface area contributed by atoms with Gasteiger partial charge >= 0.3 is 0 Å². The van der Waals surface area contributed by atoms with Gasteiger partial charge in [-0.1, -0.05) is 24.3 Å². The summed E-state index contributed by atoms with van der Waals surface area (Å²) in [5.74, 6) is 2.16. The number of hydrogen-bond donors (Lipinski definition) is 3. The minimum Gasteiger partial charge on any atom is -0.497 e. The fourth-order valence-electron chi connectivity index (χ4n) is 2.86. The molecule has 0 radical (unpaired) electrons. The van der Waals surface area contributed by atoms with Gasteiger partial charge < -0.3 is 25.4 Å². The Morgan fingerprint density at radius 1 is 1.07 bits per heavy atom. The number of methoxy groups -OCH3 is 1. The van der Waals surface area contributed by atoms with Gasteiger partial charge in [-0.25, -0.2) is 4.99 Å². The Hall–Kier alpha value is -3.22. The van der Waals surface area contributed by atoms with Crippen LogP contribution in [-0.4, -0.2) is 38.2 Å². The van der Waals surface area contributed by atoms with Crippen LogP contribution in [0, 0.1) is 0 Å². The zero-order valence-corrected chi connectivity index (χ0v) is 17.6. The molecule has 1 aliphatic carbocycles. The van der Waals surface area contributed by atoms with Gasteiger partial charge in [0.25, 0.3) is 5.91 Å². The molecule has 1 fully saturated rings. The lowest BCUT2D eigenvalue weighted by atomic mass is 10.2. The Bertz CT molecular complexity index is 865. The molecule has 0 aromatic heterocycles. The number of carbonyl (C=O) groups is 1. The van der Waals surface area contributed by atoms with Crippen LogP contribution in [0.3, 0.4) is 0 Å². The van der Waals surface area contributed by atoms with Crippen LogP contribution in [0.5, 0.6) is 11.5 Å². The molecule has 7 heteroatoms. The Labute approximate surface area is 177 Å². The third-order valence-electron chi connectivity index (χ3n) is 4.57. The maximum Gasteiger partial charge on any atom is 0.258 e. The van der Waals surface area contributed by atoms with E-state index in [1.807, 2.05) is 55.5 Å². The highest BCUT2D eigenvalue weighted by atomic mass is 16.5. The topological polar surface area (TPSA) is 84.0 Å². The van der Waals surface area contributed by atoms with Crippen molar-refractivity contribution < 1.29 is 14.3 Å². The monoisotopic (exact) mass is 410 g/mol. The van der Waals surface area contributed by atoms with E-state index in [9.17, 15) is 4.79 Å². The van der Waals surface area contributed by atoms with Gasteiger partial charge in [0.05, 0.1) is 13.7 Å². The second kappa shape index (κ2) is 11.1. The first-order valence-corrected chi connectivity index (χ1v) is 10.3. The van der Waals surface area contributed by atoms with Gasteiger partial charge in [-0.2, -0.15) is 0 Å². The second-order valence-corrected chi connectivity index (χ2v) is 7.18. The van der Waals surface area contributed by atoms with Crippen molar-refractivity contribution in [3.63, 3.8) is 0 Å². The summed E-state index contributed by atoms with van der Waals surface area (Å²) < 4.78 is 10.9. The van der Waals surface area contributed by atoms with Crippen molar-refractivity contribution >= 4 is 11.9 Å². The maximum atomic E-state index is 11.8. The Kier molecular flexibility index (Phi) is 7.94. The molecule has 2 aromatic rings. The highest BCUT2D eigenvalue weighted by Gasteiger charge is 2.23. The summed E-state index contributed by atoms with van der Waals surface area (Å²) in [4.78, 5) is 16.4. The van der Waals surface area contributed by atoms with E-state index in [4.69, 9.17) is 9.47 Å². The number of nitrogens with zero attached hydrogens (tertiary/aromatic N) is 1. The summed E-state index contributed by atoms with van der Waals surface area (Å²) in [5, 5.41) is 9.51. The summed E-state index contributed by atoms with van der Waals surface area (Å²) in [6.07, 6.45) is 2.14. The number of nitrogens with one attached hydrogen (secondary N) is 3. The molecule has 1 aliphatic rings. The van der Waals surface area contributed by atoms with Crippen molar-refractivity contribution in [3.8, 4) is 11.5 Å². The molecule has 30 heavy (non-hydrogen) atoms. The first-order chi connectivity index (χ1) is 14.7. The minimum atomic E-state index is -0.0721. The molecule has 2 aromatic carbocycles. The van der Waals surface area contributed by atoms with E-state index in [1.54, 1.807) is 7.11 Å². The van der Waals surface area contributed by atoms with E-state index in [-0.39, 0.29) is 12.5 Å². The molecule has 1 amide bonds. The van der Waals surface area contributed by atoms with Crippen molar-refractivity contribution in [1.29, 1.82) is 0 Å². The van der Waals surface area contributed by atoms with Gasteiger partial charge in [-0.3, -0.25) is 4.79 Å². The molecule has 0 atom stereocenters. The molecule has 0 bridgehead atoms. The maximum absolute atomic E-state index is 11.8. The molecule has 0 unspecified atom stereocenters. The van der Waals surface area contributed by atoms with E-state index in [1.165, 1.54) is 0 Å². The van der Waals surface area contributed by atoms with Crippen LogP contribution in [0.2, 0.25) is 0 Å². The van der Waals surface area contributed by atoms with Gasteiger partial charge in [0.1, 0.15) is 11.5 Å².